The molecule has 0 aromatic rings. The predicted octanol–water partition coefficient (Wildman–Crippen LogP) is 0.898. The zero-order chi connectivity index (χ0) is 13.8. The van der Waals surface area contributed by atoms with Crippen molar-refractivity contribution in [2.75, 3.05) is 6.54 Å². The summed E-state index contributed by atoms with van der Waals surface area (Å²) in [6.07, 6.45) is 1.55. The first kappa shape index (κ1) is 13.3. The van der Waals surface area contributed by atoms with Gasteiger partial charge in [0.15, 0.2) is 5.79 Å². The van der Waals surface area contributed by atoms with Crippen LogP contribution in [0, 0.1) is 5.92 Å². The maximum absolute atomic E-state index is 12.2. The van der Waals surface area contributed by atoms with E-state index in [4.69, 9.17) is 9.47 Å². The predicted molar refractivity (Wildman–Crippen MR) is 68.3 cm³/mol. The van der Waals surface area contributed by atoms with E-state index in [1.54, 1.807) is 4.90 Å². The summed E-state index contributed by atoms with van der Waals surface area (Å²) >= 11 is 0. The number of aliphatic hydroxyl groups is 1. The molecular weight excluding hydrogens is 246 g/mol. The zero-order valence-corrected chi connectivity index (χ0v) is 11.8. The van der Waals surface area contributed by atoms with Crippen LogP contribution in [0.1, 0.15) is 40.0 Å². The molecule has 0 saturated carbocycles. The van der Waals surface area contributed by atoms with E-state index >= 15 is 0 Å². The van der Waals surface area contributed by atoms with Gasteiger partial charge < -0.3 is 19.5 Å². The number of carbonyl (C=O) groups is 1. The van der Waals surface area contributed by atoms with E-state index in [0.717, 1.165) is 12.8 Å². The standard InChI is InChI=1S/C14H23NO4/c1-4-5-8-6-10(16)15-7-9-13(11(15)12(8)17)19-14(2,3)18-9/h8-9,11-13,17H,4-7H2,1-3H3/t8-,9+,11-,12-,13+/m0/s1. The van der Waals surface area contributed by atoms with Crippen molar-refractivity contribution in [3.63, 3.8) is 0 Å². The van der Waals surface area contributed by atoms with E-state index in [9.17, 15) is 9.90 Å². The number of carbonyl (C=O) groups excluding carboxylic acids is 1. The Labute approximate surface area is 113 Å². The second-order valence-electron chi connectivity index (χ2n) is 6.42. The molecule has 0 aliphatic carbocycles. The fraction of sp³-hybridized carbons (Fsp3) is 0.929. The van der Waals surface area contributed by atoms with Gasteiger partial charge in [-0.2, -0.15) is 0 Å². The molecule has 0 bridgehead atoms. The minimum absolute atomic E-state index is 0.0600. The van der Waals surface area contributed by atoms with Crippen LogP contribution < -0.4 is 0 Å². The van der Waals surface area contributed by atoms with E-state index in [0.29, 0.717) is 13.0 Å². The third kappa shape index (κ3) is 2.08. The zero-order valence-electron chi connectivity index (χ0n) is 11.8. The van der Waals surface area contributed by atoms with Gasteiger partial charge in [0.1, 0.15) is 12.2 Å². The van der Waals surface area contributed by atoms with Gasteiger partial charge in [0.2, 0.25) is 5.91 Å². The first-order valence-electron chi connectivity index (χ1n) is 7.26. The molecule has 3 saturated heterocycles. The SMILES string of the molecule is CCC[C@H]1CC(=O)N2C[C@H]3OC(C)(C)O[C@H]3[C@@H]2[C@H]1O. The van der Waals surface area contributed by atoms with Crippen molar-refractivity contribution in [3.8, 4) is 0 Å². The summed E-state index contributed by atoms with van der Waals surface area (Å²) in [7, 11) is 0. The van der Waals surface area contributed by atoms with Crippen LogP contribution in [0.5, 0.6) is 0 Å². The third-order valence-corrected chi connectivity index (χ3v) is 4.54. The average molecular weight is 269 g/mol. The van der Waals surface area contributed by atoms with Crippen LogP contribution in [0.4, 0.5) is 0 Å². The van der Waals surface area contributed by atoms with Crippen LogP contribution in [-0.4, -0.2) is 52.6 Å². The largest absolute Gasteiger partial charge is 0.391 e. The van der Waals surface area contributed by atoms with Crippen LogP contribution in [-0.2, 0) is 14.3 Å². The van der Waals surface area contributed by atoms with Crippen LogP contribution in [0.2, 0.25) is 0 Å². The van der Waals surface area contributed by atoms with Gasteiger partial charge in [-0.15, -0.1) is 0 Å². The van der Waals surface area contributed by atoms with Gasteiger partial charge >= 0.3 is 0 Å². The molecular formula is C14H23NO4. The Balaban J connectivity index is 1.82. The maximum atomic E-state index is 12.2. The topological polar surface area (TPSA) is 59.0 Å². The fourth-order valence-electron chi connectivity index (χ4n) is 3.82. The molecule has 5 heteroatoms. The average Bonchev–Trinajstić information content (AvgIpc) is 2.78. The normalized spacial score (nSPS) is 44.3. The lowest BCUT2D eigenvalue weighted by molar-refractivity contribution is -0.180. The van der Waals surface area contributed by atoms with Crippen molar-refractivity contribution >= 4 is 5.91 Å². The van der Waals surface area contributed by atoms with Gasteiger partial charge in [-0.25, -0.2) is 0 Å². The molecule has 1 N–H and O–H groups in total. The van der Waals surface area contributed by atoms with Gasteiger partial charge in [-0.1, -0.05) is 13.3 Å². The molecule has 5 atom stereocenters. The smallest absolute Gasteiger partial charge is 0.223 e. The van der Waals surface area contributed by atoms with Crippen LogP contribution >= 0.6 is 0 Å². The Morgan fingerprint density at radius 3 is 2.84 bits per heavy atom. The van der Waals surface area contributed by atoms with E-state index in [2.05, 4.69) is 6.92 Å². The first-order chi connectivity index (χ1) is 8.93. The molecule has 1 amide bonds. The molecule has 3 aliphatic rings. The van der Waals surface area contributed by atoms with Gasteiger partial charge in [0.05, 0.1) is 18.7 Å². The Morgan fingerprint density at radius 1 is 1.42 bits per heavy atom. The van der Waals surface area contributed by atoms with Crippen molar-refractivity contribution < 1.29 is 19.4 Å². The number of nitrogens with zero attached hydrogens (tertiary/aromatic N) is 1. The summed E-state index contributed by atoms with van der Waals surface area (Å²) in [4.78, 5) is 14.0. The molecule has 108 valence electrons. The second kappa shape index (κ2) is 4.43. The number of hydrogen-bond donors (Lipinski definition) is 1. The van der Waals surface area contributed by atoms with Gasteiger partial charge in [0.25, 0.3) is 0 Å². The van der Waals surface area contributed by atoms with E-state index < -0.39 is 11.9 Å². The highest BCUT2D eigenvalue weighted by molar-refractivity contribution is 5.78. The minimum atomic E-state index is -0.609. The number of fused-ring (bicyclic) bond motifs is 3. The highest BCUT2D eigenvalue weighted by atomic mass is 16.8. The lowest BCUT2D eigenvalue weighted by atomic mass is 9.83. The first-order valence-corrected chi connectivity index (χ1v) is 7.26. The van der Waals surface area contributed by atoms with Gasteiger partial charge in [0, 0.05) is 6.42 Å². The van der Waals surface area contributed by atoms with Gasteiger partial charge in [-0.05, 0) is 26.2 Å². The molecule has 0 unspecified atom stereocenters. The van der Waals surface area contributed by atoms with Crippen molar-refractivity contribution in [3.05, 3.63) is 0 Å². The molecule has 0 spiro atoms. The Kier molecular flexibility index (Phi) is 3.11. The third-order valence-electron chi connectivity index (χ3n) is 4.54. The van der Waals surface area contributed by atoms with E-state index in [1.807, 2.05) is 13.8 Å². The Morgan fingerprint density at radius 2 is 2.16 bits per heavy atom. The summed E-state index contributed by atoms with van der Waals surface area (Å²) in [5, 5.41) is 10.6. The molecule has 3 fully saturated rings. The van der Waals surface area contributed by atoms with Crippen molar-refractivity contribution in [2.24, 2.45) is 5.92 Å². The fourth-order valence-corrected chi connectivity index (χ4v) is 3.82. The quantitative estimate of drug-likeness (QED) is 0.809. The molecule has 0 aromatic heterocycles. The van der Waals surface area contributed by atoms with E-state index in [-0.39, 0.29) is 30.1 Å². The number of aliphatic hydroxyl groups excluding tert-OH is 1. The number of ether oxygens (including phenoxy) is 2. The molecule has 0 aromatic carbocycles. The molecule has 3 heterocycles. The second-order valence-corrected chi connectivity index (χ2v) is 6.42. The van der Waals surface area contributed by atoms with Crippen molar-refractivity contribution in [1.82, 2.24) is 4.90 Å². The van der Waals surface area contributed by atoms with Crippen LogP contribution in [0.3, 0.4) is 0 Å². The maximum Gasteiger partial charge on any atom is 0.223 e. The number of hydrogen-bond acceptors (Lipinski definition) is 4. The molecule has 3 aliphatic heterocycles. The minimum Gasteiger partial charge on any atom is -0.391 e. The molecule has 5 nitrogen and oxygen atoms in total. The monoisotopic (exact) mass is 269 g/mol. The molecule has 3 rings (SSSR count). The van der Waals surface area contributed by atoms with Crippen LogP contribution in [0.15, 0.2) is 0 Å². The summed E-state index contributed by atoms with van der Waals surface area (Å²) < 4.78 is 11.7. The Bertz CT molecular complexity index is 384. The lowest BCUT2D eigenvalue weighted by Crippen LogP contribution is -2.56. The highest BCUT2D eigenvalue weighted by Crippen LogP contribution is 2.42. The van der Waals surface area contributed by atoms with E-state index in [1.165, 1.54) is 0 Å². The van der Waals surface area contributed by atoms with Crippen LogP contribution in [0.25, 0.3) is 0 Å². The molecule has 0 radical (unpaired) electrons. The van der Waals surface area contributed by atoms with Crippen molar-refractivity contribution in [2.45, 2.75) is 70.2 Å². The van der Waals surface area contributed by atoms with Gasteiger partial charge in [-0.3, -0.25) is 4.79 Å². The number of amides is 1. The molecule has 19 heavy (non-hydrogen) atoms. The highest BCUT2D eigenvalue weighted by Gasteiger charge is 2.58. The number of rotatable bonds is 2. The summed E-state index contributed by atoms with van der Waals surface area (Å²) in [5.74, 6) is -0.417. The summed E-state index contributed by atoms with van der Waals surface area (Å²) in [6.45, 7) is 6.40. The van der Waals surface area contributed by atoms with Crippen molar-refractivity contribution in [1.29, 1.82) is 0 Å². The summed E-state index contributed by atoms with van der Waals surface area (Å²) in [6, 6.07) is -0.232. The lowest BCUT2D eigenvalue weighted by Gasteiger charge is -2.41. The Hall–Kier alpha value is -0.650. The summed E-state index contributed by atoms with van der Waals surface area (Å²) in [5.41, 5.74) is 0. The number of piperidine rings is 1.